The summed E-state index contributed by atoms with van der Waals surface area (Å²) >= 11 is 3.22. The van der Waals surface area contributed by atoms with E-state index in [2.05, 4.69) is 26.2 Å². The van der Waals surface area contributed by atoms with Gasteiger partial charge in [-0.05, 0) is 35.8 Å². The highest BCUT2D eigenvalue weighted by Gasteiger charge is 2.40. The fourth-order valence-electron chi connectivity index (χ4n) is 2.08. The van der Waals surface area contributed by atoms with Crippen LogP contribution in [0, 0.1) is 0 Å². The van der Waals surface area contributed by atoms with Gasteiger partial charge in [-0.1, -0.05) is 0 Å². The molecule has 2 heterocycles. The molecule has 0 aliphatic carbocycles. The number of nitrogens with one attached hydrogen (secondary N) is 1. The Hall–Kier alpha value is -1.76. The summed E-state index contributed by atoms with van der Waals surface area (Å²) in [5.41, 5.74) is 0.336. The van der Waals surface area contributed by atoms with Crippen molar-refractivity contribution >= 4 is 33.7 Å². The van der Waals surface area contributed by atoms with E-state index in [0.717, 1.165) is 0 Å². The molecule has 1 atom stereocenters. The summed E-state index contributed by atoms with van der Waals surface area (Å²) in [6.07, 6.45) is 2.97. The zero-order valence-corrected chi connectivity index (χ0v) is 12.7. The van der Waals surface area contributed by atoms with Crippen molar-refractivity contribution in [3.05, 3.63) is 28.5 Å². The first-order chi connectivity index (χ1) is 9.40. The Labute approximate surface area is 124 Å². The second-order valence-electron chi connectivity index (χ2n) is 4.82. The largest absolute Gasteiger partial charge is 0.340 e. The SMILES string of the molecule is CC(C)N1C(=O)C[C@@H](NC(=O)c2cncc(Br)c2)C1=O. The first kappa shape index (κ1) is 14.6. The minimum atomic E-state index is -0.795. The highest BCUT2D eigenvalue weighted by Crippen LogP contribution is 2.17. The van der Waals surface area contributed by atoms with Crippen LogP contribution < -0.4 is 5.32 Å². The Morgan fingerprint density at radius 2 is 2.15 bits per heavy atom. The Kier molecular flexibility index (Phi) is 4.17. The van der Waals surface area contributed by atoms with E-state index in [4.69, 9.17) is 0 Å². The molecule has 1 aromatic rings. The first-order valence-corrected chi connectivity index (χ1v) is 6.96. The molecule has 1 fully saturated rings. The van der Waals surface area contributed by atoms with Crippen molar-refractivity contribution in [1.82, 2.24) is 15.2 Å². The van der Waals surface area contributed by atoms with Gasteiger partial charge in [0.25, 0.3) is 11.8 Å². The van der Waals surface area contributed by atoms with Crippen molar-refractivity contribution in [2.24, 2.45) is 0 Å². The topological polar surface area (TPSA) is 79.4 Å². The van der Waals surface area contributed by atoms with Crippen LogP contribution in [0.3, 0.4) is 0 Å². The standard InChI is InChI=1S/C13H14BrN3O3/c1-7(2)17-11(18)4-10(13(17)20)16-12(19)8-3-9(14)6-15-5-8/h3,5-7,10H,4H2,1-2H3,(H,16,19)/t10-/m1/s1. The molecule has 7 heteroatoms. The van der Waals surface area contributed by atoms with E-state index in [1.54, 1.807) is 26.1 Å². The maximum Gasteiger partial charge on any atom is 0.253 e. The van der Waals surface area contributed by atoms with Gasteiger partial charge in [0, 0.05) is 22.9 Å². The van der Waals surface area contributed by atoms with Crippen molar-refractivity contribution in [1.29, 1.82) is 0 Å². The summed E-state index contributed by atoms with van der Waals surface area (Å²) in [7, 11) is 0. The summed E-state index contributed by atoms with van der Waals surface area (Å²) in [5, 5.41) is 2.58. The lowest BCUT2D eigenvalue weighted by atomic mass is 10.2. The van der Waals surface area contributed by atoms with Crippen LogP contribution in [0.5, 0.6) is 0 Å². The van der Waals surface area contributed by atoms with Gasteiger partial charge in [-0.25, -0.2) is 0 Å². The van der Waals surface area contributed by atoms with Crippen LogP contribution in [-0.4, -0.2) is 39.7 Å². The molecular weight excluding hydrogens is 326 g/mol. The highest BCUT2D eigenvalue weighted by molar-refractivity contribution is 9.10. The molecule has 0 saturated carbocycles. The Morgan fingerprint density at radius 3 is 2.70 bits per heavy atom. The third-order valence-corrected chi connectivity index (χ3v) is 3.41. The van der Waals surface area contributed by atoms with E-state index >= 15 is 0 Å². The van der Waals surface area contributed by atoms with Gasteiger partial charge >= 0.3 is 0 Å². The van der Waals surface area contributed by atoms with E-state index in [-0.39, 0.29) is 24.3 Å². The summed E-state index contributed by atoms with van der Waals surface area (Å²) in [5.74, 6) is -1.04. The molecule has 0 spiro atoms. The highest BCUT2D eigenvalue weighted by atomic mass is 79.9. The normalized spacial score (nSPS) is 18.8. The average molecular weight is 340 g/mol. The molecular formula is C13H14BrN3O3. The summed E-state index contributed by atoms with van der Waals surface area (Å²) in [6, 6.07) is 0.602. The maximum absolute atomic E-state index is 12.1. The quantitative estimate of drug-likeness (QED) is 0.836. The molecule has 0 bridgehead atoms. The van der Waals surface area contributed by atoms with Crippen LogP contribution in [0.15, 0.2) is 22.9 Å². The van der Waals surface area contributed by atoms with Crippen LogP contribution in [0.25, 0.3) is 0 Å². The van der Waals surface area contributed by atoms with Gasteiger partial charge in [-0.2, -0.15) is 0 Å². The molecule has 1 saturated heterocycles. The molecule has 20 heavy (non-hydrogen) atoms. The Balaban J connectivity index is 2.10. The Morgan fingerprint density at radius 1 is 1.45 bits per heavy atom. The van der Waals surface area contributed by atoms with Crippen molar-refractivity contribution in [3.63, 3.8) is 0 Å². The fraction of sp³-hybridized carbons (Fsp3) is 0.385. The Bertz CT molecular complexity index is 574. The van der Waals surface area contributed by atoms with Crippen LogP contribution in [-0.2, 0) is 9.59 Å². The molecule has 0 aromatic carbocycles. The third kappa shape index (κ3) is 2.87. The number of amides is 3. The van der Waals surface area contributed by atoms with Crippen molar-refractivity contribution in [2.75, 3.05) is 0 Å². The first-order valence-electron chi connectivity index (χ1n) is 6.17. The van der Waals surface area contributed by atoms with E-state index in [1.807, 2.05) is 0 Å². The maximum atomic E-state index is 12.1. The third-order valence-electron chi connectivity index (χ3n) is 2.97. The molecule has 1 aromatic heterocycles. The van der Waals surface area contributed by atoms with Crippen LogP contribution in [0.1, 0.15) is 30.6 Å². The smallest absolute Gasteiger partial charge is 0.253 e. The van der Waals surface area contributed by atoms with Crippen molar-refractivity contribution in [2.45, 2.75) is 32.4 Å². The predicted molar refractivity (Wildman–Crippen MR) is 74.8 cm³/mol. The van der Waals surface area contributed by atoms with Crippen LogP contribution in [0.4, 0.5) is 0 Å². The number of halogens is 1. The summed E-state index contributed by atoms with van der Waals surface area (Å²) in [4.78, 5) is 40.9. The number of imide groups is 1. The molecule has 0 unspecified atom stereocenters. The monoisotopic (exact) mass is 339 g/mol. The number of hydrogen-bond donors (Lipinski definition) is 1. The van der Waals surface area contributed by atoms with Crippen LogP contribution >= 0.6 is 15.9 Å². The van der Waals surface area contributed by atoms with Crippen LogP contribution in [0.2, 0.25) is 0 Å². The van der Waals surface area contributed by atoms with Gasteiger partial charge in [0.15, 0.2) is 0 Å². The molecule has 3 amide bonds. The number of nitrogens with zero attached hydrogens (tertiary/aromatic N) is 2. The van der Waals surface area contributed by atoms with E-state index < -0.39 is 11.9 Å². The van der Waals surface area contributed by atoms with Gasteiger partial charge in [0.1, 0.15) is 6.04 Å². The van der Waals surface area contributed by atoms with E-state index in [9.17, 15) is 14.4 Å². The zero-order chi connectivity index (χ0) is 14.9. The minimum Gasteiger partial charge on any atom is -0.340 e. The van der Waals surface area contributed by atoms with Crippen molar-refractivity contribution in [3.8, 4) is 0 Å². The lowest BCUT2D eigenvalue weighted by Crippen LogP contribution is -2.43. The second kappa shape index (κ2) is 5.70. The minimum absolute atomic E-state index is 0.00415. The second-order valence-corrected chi connectivity index (χ2v) is 5.73. The van der Waals surface area contributed by atoms with Gasteiger partial charge in [-0.15, -0.1) is 0 Å². The van der Waals surface area contributed by atoms with E-state index in [1.165, 1.54) is 11.1 Å². The molecule has 2 rings (SSSR count). The number of likely N-dealkylation sites (tertiary alicyclic amines) is 1. The average Bonchev–Trinajstić information content (AvgIpc) is 2.64. The summed E-state index contributed by atoms with van der Waals surface area (Å²) in [6.45, 7) is 3.52. The van der Waals surface area contributed by atoms with Gasteiger partial charge in [0.05, 0.1) is 12.0 Å². The number of pyridine rings is 1. The van der Waals surface area contributed by atoms with Gasteiger partial charge < -0.3 is 5.32 Å². The molecule has 0 radical (unpaired) electrons. The van der Waals surface area contributed by atoms with Gasteiger partial charge in [-0.3, -0.25) is 24.3 Å². The van der Waals surface area contributed by atoms with Gasteiger partial charge in [0.2, 0.25) is 5.91 Å². The number of hydrogen-bond acceptors (Lipinski definition) is 4. The number of carbonyl (C=O) groups excluding carboxylic acids is 3. The number of rotatable bonds is 3. The zero-order valence-electron chi connectivity index (χ0n) is 11.1. The van der Waals surface area contributed by atoms with Crippen molar-refractivity contribution < 1.29 is 14.4 Å². The molecule has 6 nitrogen and oxygen atoms in total. The molecule has 1 N–H and O–H groups in total. The number of carbonyl (C=O) groups is 3. The summed E-state index contributed by atoms with van der Waals surface area (Å²) < 4.78 is 0.669. The lowest BCUT2D eigenvalue weighted by Gasteiger charge is -2.19. The molecule has 1 aliphatic heterocycles. The fourth-order valence-corrected chi connectivity index (χ4v) is 2.45. The predicted octanol–water partition coefficient (Wildman–Crippen LogP) is 1.11. The lowest BCUT2D eigenvalue weighted by molar-refractivity contribution is -0.140. The van der Waals surface area contributed by atoms with E-state index in [0.29, 0.717) is 10.0 Å². The number of aromatic nitrogens is 1. The molecule has 1 aliphatic rings. The molecule has 106 valence electrons.